The van der Waals surface area contributed by atoms with Gasteiger partial charge in [0.1, 0.15) is 17.8 Å². The number of aromatic nitrogens is 3. The number of carbonyl (C=O) groups is 2. The maximum absolute atomic E-state index is 12.9. The molecule has 0 radical (unpaired) electrons. The van der Waals surface area contributed by atoms with Crippen LogP contribution in [0.5, 0.6) is 0 Å². The lowest BCUT2D eigenvalue weighted by atomic mass is 9.92. The van der Waals surface area contributed by atoms with Crippen LogP contribution in [0, 0.1) is 0 Å². The van der Waals surface area contributed by atoms with Gasteiger partial charge in [-0.05, 0) is 67.9 Å². The number of hydrogen-bond acceptors (Lipinski definition) is 6. The number of hydrogen-bond donors (Lipinski definition) is 3. The van der Waals surface area contributed by atoms with Gasteiger partial charge in [0.25, 0.3) is 5.91 Å². The summed E-state index contributed by atoms with van der Waals surface area (Å²) < 4.78 is 2.08. The van der Waals surface area contributed by atoms with Gasteiger partial charge >= 0.3 is 0 Å². The monoisotopic (exact) mass is 509 g/mol. The summed E-state index contributed by atoms with van der Waals surface area (Å²) in [5.41, 5.74) is 10.8. The highest BCUT2D eigenvalue weighted by Gasteiger charge is 2.39. The molecule has 3 aromatic rings. The van der Waals surface area contributed by atoms with E-state index < -0.39 is 6.17 Å². The van der Waals surface area contributed by atoms with Gasteiger partial charge in [0.05, 0.1) is 11.4 Å². The fourth-order valence-electron chi connectivity index (χ4n) is 6.15. The molecule has 7 rings (SSSR count). The smallest absolute Gasteiger partial charge is 0.256 e. The number of nitrogens with one attached hydrogen (secondary N) is 2. The first kappa shape index (κ1) is 23.2. The summed E-state index contributed by atoms with van der Waals surface area (Å²) in [4.78, 5) is 36.8. The Hall–Kier alpha value is -3.98. The Labute approximate surface area is 221 Å². The van der Waals surface area contributed by atoms with Crippen molar-refractivity contribution in [2.75, 3.05) is 11.9 Å². The van der Waals surface area contributed by atoms with E-state index in [4.69, 9.17) is 10.7 Å². The lowest BCUT2D eigenvalue weighted by Crippen LogP contribution is -2.41. The summed E-state index contributed by atoms with van der Waals surface area (Å²) in [6.45, 7) is 0.699. The number of fused-ring (bicyclic) bond motifs is 2. The minimum Gasteiger partial charge on any atom is -0.370 e. The molecular weight excluding hydrogens is 478 g/mol. The second-order valence-electron chi connectivity index (χ2n) is 10.8. The van der Waals surface area contributed by atoms with E-state index in [0.717, 1.165) is 42.0 Å². The van der Waals surface area contributed by atoms with E-state index in [1.807, 2.05) is 53.7 Å². The number of piperidine rings is 1. The molecule has 9 heteroatoms. The molecule has 4 N–H and O–H groups in total. The van der Waals surface area contributed by atoms with E-state index in [1.54, 1.807) is 6.20 Å². The lowest BCUT2D eigenvalue weighted by molar-refractivity contribution is -0.130. The Bertz CT molecular complexity index is 1440. The van der Waals surface area contributed by atoms with Gasteiger partial charge in [0.15, 0.2) is 0 Å². The second-order valence-corrected chi connectivity index (χ2v) is 10.8. The summed E-state index contributed by atoms with van der Waals surface area (Å²) >= 11 is 0. The number of benzene rings is 1. The Morgan fingerprint density at radius 2 is 1.87 bits per heavy atom. The van der Waals surface area contributed by atoms with Gasteiger partial charge in [-0.25, -0.2) is 9.97 Å². The third kappa shape index (κ3) is 4.07. The molecule has 3 fully saturated rings. The normalized spacial score (nSPS) is 24.1. The molecule has 4 aliphatic rings. The number of anilines is 1. The van der Waals surface area contributed by atoms with Gasteiger partial charge in [-0.3, -0.25) is 9.59 Å². The molecule has 3 atom stereocenters. The number of pyridine rings is 1. The van der Waals surface area contributed by atoms with E-state index in [1.165, 1.54) is 18.4 Å². The molecule has 1 aliphatic carbocycles. The van der Waals surface area contributed by atoms with Gasteiger partial charge < -0.3 is 25.8 Å². The summed E-state index contributed by atoms with van der Waals surface area (Å²) in [6, 6.07) is 11.8. The average Bonchev–Trinajstić information content (AvgIpc) is 3.63. The van der Waals surface area contributed by atoms with Crippen LogP contribution in [-0.2, 0) is 4.79 Å². The van der Waals surface area contributed by atoms with Crippen molar-refractivity contribution < 1.29 is 9.59 Å². The van der Waals surface area contributed by atoms with Crippen LogP contribution in [-0.4, -0.2) is 43.8 Å². The van der Waals surface area contributed by atoms with E-state index in [-0.39, 0.29) is 17.7 Å². The minimum absolute atomic E-state index is 0.153. The van der Waals surface area contributed by atoms with Gasteiger partial charge in [0, 0.05) is 54.6 Å². The van der Waals surface area contributed by atoms with Crippen LogP contribution in [0.1, 0.15) is 84.0 Å². The Morgan fingerprint density at radius 3 is 2.68 bits per heavy atom. The van der Waals surface area contributed by atoms with Crippen molar-refractivity contribution in [3.8, 4) is 11.3 Å². The van der Waals surface area contributed by atoms with Crippen LogP contribution >= 0.6 is 0 Å². The SMILES string of the molecule is NC1NC=Cn2c([C@@H]3CC[C@@H]4CCC(=O)N4C3)nc(-c3ccc(C(=O)Nc4cc(C5CC5)ccn4)cc3)c21. The van der Waals surface area contributed by atoms with Crippen LogP contribution < -0.4 is 16.4 Å². The number of nitrogens with zero attached hydrogens (tertiary/aromatic N) is 4. The third-order valence-corrected chi connectivity index (χ3v) is 8.35. The van der Waals surface area contributed by atoms with Crippen LogP contribution in [0.2, 0.25) is 0 Å². The highest BCUT2D eigenvalue weighted by molar-refractivity contribution is 6.04. The summed E-state index contributed by atoms with van der Waals surface area (Å²) in [5, 5.41) is 6.11. The highest BCUT2D eigenvalue weighted by atomic mass is 16.2. The van der Waals surface area contributed by atoms with Crippen molar-refractivity contribution in [2.24, 2.45) is 5.73 Å². The van der Waals surface area contributed by atoms with E-state index in [9.17, 15) is 9.59 Å². The first-order chi connectivity index (χ1) is 18.5. The van der Waals surface area contributed by atoms with Crippen molar-refractivity contribution in [3.05, 3.63) is 71.4 Å². The Balaban J connectivity index is 1.15. The van der Waals surface area contributed by atoms with E-state index in [2.05, 4.69) is 20.2 Å². The summed E-state index contributed by atoms with van der Waals surface area (Å²) in [7, 11) is 0. The van der Waals surface area contributed by atoms with Crippen LogP contribution in [0.4, 0.5) is 5.82 Å². The molecule has 194 valence electrons. The predicted molar refractivity (Wildman–Crippen MR) is 144 cm³/mol. The van der Waals surface area contributed by atoms with E-state index in [0.29, 0.717) is 36.3 Å². The molecule has 1 aromatic carbocycles. The Kier molecular flexibility index (Phi) is 5.54. The number of amides is 2. The zero-order valence-electron chi connectivity index (χ0n) is 21.1. The maximum Gasteiger partial charge on any atom is 0.256 e. The van der Waals surface area contributed by atoms with Crippen LogP contribution in [0.3, 0.4) is 0 Å². The van der Waals surface area contributed by atoms with Crippen molar-refractivity contribution in [2.45, 2.75) is 62.6 Å². The molecule has 1 saturated carbocycles. The molecule has 0 bridgehead atoms. The summed E-state index contributed by atoms with van der Waals surface area (Å²) in [6.07, 6.45) is 11.2. The van der Waals surface area contributed by atoms with Crippen molar-refractivity contribution in [1.82, 2.24) is 24.8 Å². The lowest BCUT2D eigenvalue weighted by Gasteiger charge is -2.35. The zero-order valence-corrected chi connectivity index (χ0v) is 21.1. The largest absolute Gasteiger partial charge is 0.370 e. The van der Waals surface area contributed by atoms with E-state index >= 15 is 0 Å². The molecule has 2 saturated heterocycles. The van der Waals surface area contributed by atoms with Crippen LogP contribution in [0.25, 0.3) is 17.5 Å². The van der Waals surface area contributed by atoms with Crippen molar-refractivity contribution in [3.63, 3.8) is 0 Å². The average molecular weight is 510 g/mol. The Morgan fingerprint density at radius 1 is 1.05 bits per heavy atom. The molecule has 2 amide bonds. The molecule has 2 aromatic heterocycles. The van der Waals surface area contributed by atoms with Gasteiger partial charge in [-0.15, -0.1) is 0 Å². The molecule has 0 spiro atoms. The van der Waals surface area contributed by atoms with Gasteiger partial charge in [-0.2, -0.15) is 0 Å². The predicted octanol–water partition coefficient (Wildman–Crippen LogP) is 3.93. The topological polar surface area (TPSA) is 118 Å². The van der Waals surface area contributed by atoms with Gasteiger partial charge in [-0.1, -0.05) is 12.1 Å². The molecule has 9 nitrogen and oxygen atoms in total. The molecule has 3 aliphatic heterocycles. The van der Waals surface area contributed by atoms with Crippen molar-refractivity contribution >= 4 is 23.8 Å². The fourth-order valence-corrected chi connectivity index (χ4v) is 6.15. The number of rotatable bonds is 5. The molecular formula is C29H31N7O2. The van der Waals surface area contributed by atoms with Gasteiger partial charge in [0.2, 0.25) is 5.91 Å². The highest BCUT2D eigenvalue weighted by Crippen LogP contribution is 2.41. The molecule has 38 heavy (non-hydrogen) atoms. The summed E-state index contributed by atoms with van der Waals surface area (Å²) in [5.74, 6) is 2.32. The van der Waals surface area contributed by atoms with Crippen LogP contribution in [0.15, 0.2) is 48.8 Å². The molecule has 1 unspecified atom stereocenters. The quantitative estimate of drug-likeness (QED) is 0.480. The van der Waals surface area contributed by atoms with Crippen molar-refractivity contribution in [1.29, 1.82) is 0 Å². The number of nitrogens with two attached hydrogens (primary N) is 1. The second kappa shape index (κ2) is 9.09. The molecule has 5 heterocycles. The maximum atomic E-state index is 12.9. The minimum atomic E-state index is -0.409. The number of imidazole rings is 1. The first-order valence-corrected chi connectivity index (χ1v) is 13.5. The first-order valence-electron chi connectivity index (χ1n) is 13.5. The fraction of sp³-hybridized carbons (Fsp3) is 0.379. The third-order valence-electron chi connectivity index (χ3n) is 8.35. The number of carbonyl (C=O) groups excluding carboxylic acids is 2. The zero-order chi connectivity index (χ0) is 25.8. The standard InChI is InChI=1S/C29H31N7O2/c30-27-26-25(34-28(35(26)14-13-32-27)21-7-8-22-9-10-24(37)36(22)16-21)18-3-5-19(6-4-18)29(38)33-23-15-20(11-12-31-23)17-1-2-17/h3-6,11-15,17,21-22,27,32H,1-2,7-10,16,30H2,(H,31,33,38)/t21-,22-,27?/m1/s1.